The second-order valence-corrected chi connectivity index (χ2v) is 4.25. The molecule has 2 heteroatoms. The number of rotatable bonds is 3. The van der Waals surface area contributed by atoms with Crippen LogP contribution in [0.25, 0.3) is 5.52 Å². The van der Waals surface area contributed by atoms with Crippen molar-refractivity contribution in [3.8, 4) is 0 Å². The molecule has 1 unspecified atom stereocenters. The third-order valence-corrected chi connectivity index (χ3v) is 3.13. The van der Waals surface area contributed by atoms with Gasteiger partial charge in [0.2, 0.25) is 0 Å². The molecule has 80 valence electrons. The van der Waals surface area contributed by atoms with Gasteiger partial charge in [0.05, 0.1) is 18.0 Å². The van der Waals surface area contributed by atoms with Gasteiger partial charge in [0.25, 0.3) is 0 Å². The Labute approximate surface area is 91.0 Å². The van der Waals surface area contributed by atoms with Gasteiger partial charge >= 0.3 is 0 Å². The molecule has 2 heterocycles. The summed E-state index contributed by atoms with van der Waals surface area (Å²) in [5.41, 5.74) is 3.95. The van der Waals surface area contributed by atoms with E-state index in [1.54, 1.807) is 0 Å². The molecule has 0 saturated heterocycles. The van der Waals surface area contributed by atoms with E-state index in [1.165, 1.54) is 29.6 Å². The largest absolute Gasteiger partial charge is 0.303 e. The molecule has 2 aromatic rings. The van der Waals surface area contributed by atoms with Crippen molar-refractivity contribution in [2.45, 2.75) is 39.5 Å². The van der Waals surface area contributed by atoms with Crippen LogP contribution in [-0.4, -0.2) is 9.38 Å². The molecule has 0 fully saturated rings. The maximum Gasteiger partial charge on any atom is 0.0994 e. The van der Waals surface area contributed by atoms with E-state index in [-0.39, 0.29) is 0 Å². The monoisotopic (exact) mass is 202 g/mol. The van der Waals surface area contributed by atoms with Gasteiger partial charge in [0.15, 0.2) is 0 Å². The maximum atomic E-state index is 4.17. The zero-order valence-corrected chi connectivity index (χ0v) is 9.70. The minimum atomic E-state index is 0.641. The molecule has 0 bridgehead atoms. The lowest BCUT2D eigenvalue weighted by Crippen LogP contribution is -2.01. The third kappa shape index (κ3) is 1.76. The van der Waals surface area contributed by atoms with Crippen LogP contribution >= 0.6 is 0 Å². The Balaban J connectivity index is 2.47. The Morgan fingerprint density at radius 3 is 2.93 bits per heavy atom. The van der Waals surface area contributed by atoms with E-state index in [0.29, 0.717) is 5.92 Å². The number of imidazole rings is 1. The fourth-order valence-electron chi connectivity index (χ4n) is 2.25. The fourth-order valence-corrected chi connectivity index (χ4v) is 2.25. The average Bonchev–Trinajstić information content (AvgIpc) is 2.67. The first-order chi connectivity index (χ1) is 7.24. The Bertz CT molecular complexity index is 457. The van der Waals surface area contributed by atoms with Gasteiger partial charge in [0, 0.05) is 5.69 Å². The van der Waals surface area contributed by atoms with Crippen LogP contribution < -0.4 is 0 Å². The molecule has 0 saturated carbocycles. The SMILES string of the molecule is CCCC(C)c1ccc2cncn2c1C. The van der Waals surface area contributed by atoms with Gasteiger partial charge in [-0.05, 0) is 30.9 Å². The molecular formula is C13H18N2. The summed E-state index contributed by atoms with van der Waals surface area (Å²) in [6.07, 6.45) is 6.29. The highest BCUT2D eigenvalue weighted by Crippen LogP contribution is 2.24. The summed E-state index contributed by atoms with van der Waals surface area (Å²) in [6, 6.07) is 4.40. The van der Waals surface area contributed by atoms with Crippen LogP contribution in [0.3, 0.4) is 0 Å². The number of aryl methyl sites for hydroxylation is 1. The highest BCUT2D eigenvalue weighted by atomic mass is 15.0. The van der Waals surface area contributed by atoms with Crippen molar-refractivity contribution in [2.24, 2.45) is 0 Å². The first kappa shape index (κ1) is 10.2. The Morgan fingerprint density at radius 2 is 2.20 bits per heavy atom. The molecule has 0 N–H and O–H groups in total. The van der Waals surface area contributed by atoms with Crippen molar-refractivity contribution in [2.75, 3.05) is 0 Å². The molecule has 0 aromatic carbocycles. The minimum Gasteiger partial charge on any atom is -0.303 e. The molecule has 0 spiro atoms. The summed E-state index contributed by atoms with van der Waals surface area (Å²) < 4.78 is 2.17. The van der Waals surface area contributed by atoms with Crippen LogP contribution in [0.15, 0.2) is 24.7 Å². The van der Waals surface area contributed by atoms with Gasteiger partial charge in [-0.2, -0.15) is 0 Å². The van der Waals surface area contributed by atoms with Crippen molar-refractivity contribution >= 4 is 5.52 Å². The lowest BCUT2D eigenvalue weighted by Gasteiger charge is -2.14. The molecule has 2 rings (SSSR count). The standard InChI is InChI=1S/C13H18N2/c1-4-5-10(2)13-7-6-12-8-14-9-15(12)11(13)3/h6-10H,4-5H2,1-3H3. The molecule has 0 aliphatic rings. The minimum absolute atomic E-state index is 0.641. The molecule has 15 heavy (non-hydrogen) atoms. The Hall–Kier alpha value is -1.31. The van der Waals surface area contributed by atoms with E-state index in [0.717, 1.165) is 0 Å². The van der Waals surface area contributed by atoms with Crippen molar-refractivity contribution in [3.63, 3.8) is 0 Å². The van der Waals surface area contributed by atoms with Crippen LogP contribution in [0.2, 0.25) is 0 Å². The van der Waals surface area contributed by atoms with Gasteiger partial charge in [-0.15, -0.1) is 0 Å². The second kappa shape index (κ2) is 4.05. The van der Waals surface area contributed by atoms with E-state index < -0.39 is 0 Å². The summed E-state index contributed by atoms with van der Waals surface area (Å²) in [4.78, 5) is 4.17. The van der Waals surface area contributed by atoms with Crippen molar-refractivity contribution < 1.29 is 0 Å². The highest BCUT2D eigenvalue weighted by molar-refractivity contribution is 5.48. The number of aromatic nitrogens is 2. The normalized spacial score (nSPS) is 13.3. The smallest absolute Gasteiger partial charge is 0.0994 e. The maximum absolute atomic E-state index is 4.17. The number of hydrogen-bond donors (Lipinski definition) is 0. The van der Waals surface area contributed by atoms with Crippen LogP contribution in [0.4, 0.5) is 0 Å². The topological polar surface area (TPSA) is 17.3 Å². The molecule has 2 aromatic heterocycles. The van der Waals surface area contributed by atoms with Crippen molar-refractivity contribution in [1.82, 2.24) is 9.38 Å². The Kier molecular flexibility index (Phi) is 2.76. The number of fused-ring (bicyclic) bond motifs is 1. The number of pyridine rings is 1. The predicted molar refractivity (Wildman–Crippen MR) is 63.3 cm³/mol. The van der Waals surface area contributed by atoms with Crippen molar-refractivity contribution in [1.29, 1.82) is 0 Å². The lowest BCUT2D eigenvalue weighted by molar-refractivity contribution is 0.656. The van der Waals surface area contributed by atoms with Crippen LogP contribution in [-0.2, 0) is 0 Å². The van der Waals surface area contributed by atoms with Crippen LogP contribution in [0.1, 0.15) is 43.9 Å². The van der Waals surface area contributed by atoms with E-state index in [4.69, 9.17) is 0 Å². The molecule has 0 radical (unpaired) electrons. The summed E-state index contributed by atoms with van der Waals surface area (Å²) in [5.74, 6) is 0.641. The van der Waals surface area contributed by atoms with Crippen LogP contribution in [0, 0.1) is 6.92 Å². The van der Waals surface area contributed by atoms with Gasteiger partial charge in [-0.3, -0.25) is 0 Å². The average molecular weight is 202 g/mol. The summed E-state index contributed by atoms with van der Waals surface area (Å²) in [6.45, 7) is 6.71. The number of nitrogens with zero attached hydrogens (tertiary/aromatic N) is 2. The molecule has 0 aliphatic heterocycles. The van der Waals surface area contributed by atoms with Crippen LogP contribution in [0.5, 0.6) is 0 Å². The van der Waals surface area contributed by atoms with Gasteiger partial charge in [-0.25, -0.2) is 4.98 Å². The molecule has 0 amide bonds. The number of hydrogen-bond acceptors (Lipinski definition) is 1. The molecular weight excluding hydrogens is 184 g/mol. The summed E-state index contributed by atoms with van der Waals surface area (Å²) >= 11 is 0. The van der Waals surface area contributed by atoms with Gasteiger partial charge in [0.1, 0.15) is 0 Å². The first-order valence-corrected chi connectivity index (χ1v) is 5.65. The Morgan fingerprint density at radius 1 is 1.40 bits per heavy atom. The van der Waals surface area contributed by atoms with E-state index in [1.807, 2.05) is 12.5 Å². The summed E-state index contributed by atoms with van der Waals surface area (Å²) in [7, 11) is 0. The van der Waals surface area contributed by atoms with Gasteiger partial charge < -0.3 is 4.40 Å². The lowest BCUT2D eigenvalue weighted by atomic mass is 9.95. The second-order valence-electron chi connectivity index (χ2n) is 4.25. The third-order valence-electron chi connectivity index (χ3n) is 3.13. The highest BCUT2D eigenvalue weighted by Gasteiger charge is 2.09. The predicted octanol–water partition coefficient (Wildman–Crippen LogP) is 3.55. The fraction of sp³-hybridized carbons (Fsp3) is 0.462. The van der Waals surface area contributed by atoms with E-state index in [2.05, 4.69) is 42.3 Å². The molecule has 2 nitrogen and oxygen atoms in total. The van der Waals surface area contributed by atoms with E-state index in [9.17, 15) is 0 Å². The van der Waals surface area contributed by atoms with Gasteiger partial charge in [-0.1, -0.05) is 26.3 Å². The zero-order chi connectivity index (χ0) is 10.8. The molecule has 0 aliphatic carbocycles. The molecule has 1 atom stereocenters. The van der Waals surface area contributed by atoms with E-state index >= 15 is 0 Å². The first-order valence-electron chi connectivity index (χ1n) is 5.65. The zero-order valence-electron chi connectivity index (χ0n) is 9.70. The summed E-state index contributed by atoms with van der Waals surface area (Å²) in [5, 5.41) is 0. The van der Waals surface area contributed by atoms with Crippen molar-refractivity contribution in [3.05, 3.63) is 35.9 Å². The quantitative estimate of drug-likeness (QED) is 0.744.